The van der Waals surface area contributed by atoms with E-state index in [4.69, 9.17) is 14.2 Å². The number of ether oxygens (including phenoxy) is 3. The van der Waals surface area contributed by atoms with Gasteiger partial charge in [0.25, 0.3) is 0 Å². The Labute approximate surface area is 94.1 Å². The largest absolute Gasteiger partial charge is 0.376 e. The molecular formula is C12H26O3. The van der Waals surface area contributed by atoms with Gasteiger partial charge < -0.3 is 14.2 Å². The molecule has 0 fully saturated rings. The second-order valence-corrected chi connectivity index (χ2v) is 3.51. The summed E-state index contributed by atoms with van der Waals surface area (Å²) >= 11 is 0. The molecule has 15 heavy (non-hydrogen) atoms. The van der Waals surface area contributed by atoms with Crippen molar-refractivity contribution >= 4 is 0 Å². The third-order valence-electron chi connectivity index (χ3n) is 2.32. The molecule has 3 heteroatoms. The number of hydrogen-bond acceptors (Lipinski definition) is 3. The van der Waals surface area contributed by atoms with Gasteiger partial charge in [0.2, 0.25) is 0 Å². The molecule has 0 aromatic heterocycles. The first-order chi connectivity index (χ1) is 7.28. The van der Waals surface area contributed by atoms with Gasteiger partial charge in [-0.3, -0.25) is 0 Å². The highest BCUT2D eigenvalue weighted by atomic mass is 16.6. The van der Waals surface area contributed by atoms with E-state index >= 15 is 0 Å². The number of hydrogen-bond donors (Lipinski definition) is 0. The molecule has 0 spiro atoms. The van der Waals surface area contributed by atoms with Crippen LogP contribution >= 0.6 is 0 Å². The lowest BCUT2D eigenvalue weighted by Gasteiger charge is -2.18. The van der Waals surface area contributed by atoms with Crippen LogP contribution in [-0.4, -0.2) is 38.6 Å². The second-order valence-electron chi connectivity index (χ2n) is 3.51. The normalized spacial score (nSPS) is 15.2. The predicted molar refractivity (Wildman–Crippen MR) is 62.2 cm³/mol. The van der Waals surface area contributed by atoms with Crippen molar-refractivity contribution in [3.63, 3.8) is 0 Å². The second kappa shape index (κ2) is 10.4. The summed E-state index contributed by atoms with van der Waals surface area (Å²) in [5.41, 5.74) is 0. The lowest BCUT2D eigenvalue weighted by molar-refractivity contribution is -0.0543. The van der Waals surface area contributed by atoms with Crippen molar-refractivity contribution in [1.29, 1.82) is 0 Å². The summed E-state index contributed by atoms with van der Waals surface area (Å²) in [6.45, 7) is 11.1. The van der Waals surface area contributed by atoms with Crippen LogP contribution in [0.25, 0.3) is 0 Å². The van der Waals surface area contributed by atoms with Gasteiger partial charge in [-0.2, -0.15) is 0 Å². The third kappa shape index (κ3) is 7.77. The van der Waals surface area contributed by atoms with Crippen LogP contribution in [0.2, 0.25) is 0 Å². The van der Waals surface area contributed by atoms with Crippen LogP contribution in [0.5, 0.6) is 0 Å². The van der Waals surface area contributed by atoms with Gasteiger partial charge in [0.15, 0.2) is 0 Å². The van der Waals surface area contributed by atoms with Gasteiger partial charge in [-0.25, -0.2) is 0 Å². The minimum absolute atomic E-state index is 0.231. The van der Waals surface area contributed by atoms with Crippen LogP contribution in [0.4, 0.5) is 0 Å². The summed E-state index contributed by atoms with van der Waals surface area (Å²) in [6.07, 6.45) is 2.46. The maximum Gasteiger partial charge on any atom is 0.0805 e. The Kier molecular flexibility index (Phi) is 10.3. The first-order valence-corrected chi connectivity index (χ1v) is 6.09. The Balaban J connectivity index is 3.55. The van der Waals surface area contributed by atoms with Crippen LogP contribution in [0.3, 0.4) is 0 Å². The van der Waals surface area contributed by atoms with E-state index in [1.807, 2.05) is 13.8 Å². The van der Waals surface area contributed by atoms with Crippen molar-refractivity contribution < 1.29 is 14.2 Å². The summed E-state index contributed by atoms with van der Waals surface area (Å²) in [4.78, 5) is 0. The minimum atomic E-state index is 0.231. The van der Waals surface area contributed by atoms with Crippen LogP contribution in [0.15, 0.2) is 0 Å². The quantitative estimate of drug-likeness (QED) is 0.564. The summed E-state index contributed by atoms with van der Waals surface area (Å²) in [6, 6.07) is 0. The summed E-state index contributed by atoms with van der Waals surface area (Å²) in [7, 11) is 0. The fraction of sp³-hybridized carbons (Fsp3) is 1.00. The average Bonchev–Trinajstić information content (AvgIpc) is 2.26. The van der Waals surface area contributed by atoms with E-state index in [0.717, 1.165) is 26.1 Å². The van der Waals surface area contributed by atoms with Gasteiger partial charge in [-0.05, 0) is 26.7 Å². The van der Waals surface area contributed by atoms with E-state index in [2.05, 4.69) is 13.8 Å². The molecule has 0 bridgehead atoms. The predicted octanol–water partition coefficient (Wildman–Crippen LogP) is 2.63. The zero-order valence-electron chi connectivity index (χ0n) is 10.6. The fourth-order valence-corrected chi connectivity index (χ4v) is 1.37. The molecule has 0 aliphatic rings. The van der Waals surface area contributed by atoms with Gasteiger partial charge >= 0.3 is 0 Å². The van der Waals surface area contributed by atoms with Crippen molar-refractivity contribution in [2.75, 3.05) is 26.4 Å². The Morgan fingerprint density at radius 1 is 0.733 bits per heavy atom. The van der Waals surface area contributed by atoms with Crippen molar-refractivity contribution in [2.24, 2.45) is 0 Å². The monoisotopic (exact) mass is 218 g/mol. The zero-order valence-corrected chi connectivity index (χ0v) is 10.6. The molecule has 2 atom stereocenters. The topological polar surface area (TPSA) is 27.7 Å². The molecule has 0 aromatic carbocycles. The molecule has 0 amide bonds. The lowest BCUT2D eigenvalue weighted by Crippen LogP contribution is -2.24. The fourth-order valence-electron chi connectivity index (χ4n) is 1.37. The van der Waals surface area contributed by atoms with Crippen LogP contribution in [0.1, 0.15) is 40.5 Å². The van der Waals surface area contributed by atoms with Crippen molar-refractivity contribution in [3.05, 3.63) is 0 Å². The lowest BCUT2D eigenvalue weighted by atomic mass is 10.3. The molecule has 0 rings (SSSR count). The molecule has 0 aliphatic heterocycles. The Hall–Kier alpha value is -0.120. The molecule has 0 N–H and O–H groups in total. The van der Waals surface area contributed by atoms with E-state index in [0.29, 0.717) is 13.2 Å². The third-order valence-corrected chi connectivity index (χ3v) is 2.32. The Morgan fingerprint density at radius 2 is 1.13 bits per heavy atom. The first-order valence-electron chi connectivity index (χ1n) is 6.09. The van der Waals surface area contributed by atoms with Crippen molar-refractivity contribution in [1.82, 2.24) is 0 Å². The molecule has 0 heterocycles. The van der Waals surface area contributed by atoms with Crippen LogP contribution in [0, 0.1) is 0 Å². The van der Waals surface area contributed by atoms with E-state index in [-0.39, 0.29) is 12.2 Å². The van der Waals surface area contributed by atoms with Crippen molar-refractivity contribution in [2.45, 2.75) is 52.7 Å². The maximum absolute atomic E-state index is 5.59. The molecule has 2 unspecified atom stereocenters. The van der Waals surface area contributed by atoms with Gasteiger partial charge in [0, 0.05) is 13.2 Å². The van der Waals surface area contributed by atoms with Gasteiger partial charge in [0.05, 0.1) is 25.4 Å². The van der Waals surface area contributed by atoms with E-state index < -0.39 is 0 Å². The Bertz CT molecular complexity index is 114. The average molecular weight is 218 g/mol. The standard InChI is InChI=1S/C12H26O3/c1-5-11(14-7-3)9-13-10-12(6-2)15-8-4/h11-12H,5-10H2,1-4H3. The summed E-state index contributed by atoms with van der Waals surface area (Å²) in [5.74, 6) is 0. The minimum Gasteiger partial charge on any atom is -0.376 e. The Morgan fingerprint density at radius 3 is 1.40 bits per heavy atom. The molecular weight excluding hydrogens is 192 g/mol. The molecule has 0 radical (unpaired) electrons. The first kappa shape index (κ1) is 14.9. The highest BCUT2D eigenvalue weighted by molar-refractivity contribution is 4.56. The summed E-state index contributed by atoms with van der Waals surface area (Å²) < 4.78 is 16.6. The van der Waals surface area contributed by atoms with Crippen LogP contribution in [-0.2, 0) is 14.2 Å². The SMILES string of the molecule is CCOC(CC)COCC(CC)OCC. The molecule has 0 saturated heterocycles. The van der Waals surface area contributed by atoms with E-state index in [9.17, 15) is 0 Å². The smallest absolute Gasteiger partial charge is 0.0805 e. The van der Waals surface area contributed by atoms with Crippen molar-refractivity contribution in [3.8, 4) is 0 Å². The molecule has 0 aromatic rings. The summed E-state index contributed by atoms with van der Waals surface area (Å²) in [5, 5.41) is 0. The van der Waals surface area contributed by atoms with Crippen LogP contribution < -0.4 is 0 Å². The molecule has 3 nitrogen and oxygen atoms in total. The number of rotatable bonds is 10. The highest BCUT2D eigenvalue weighted by Crippen LogP contribution is 2.02. The molecule has 0 aliphatic carbocycles. The molecule has 0 saturated carbocycles. The molecule has 92 valence electrons. The van der Waals surface area contributed by atoms with E-state index in [1.54, 1.807) is 0 Å². The van der Waals surface area contributed by atoms with Gasteiger partial charge in [0.1, 0.15) is 0 Å². The zero-order chi connectivity index (χ0) is 11.5. The maximum atomic E-state index is 5.59. The van der Waals surface area contributed by atoms with Gasteiger partial charge in [-0.1, -0.05) is 13.8 Å². The van der Waals surface area contributed by atoms with Gasteiger partial charge in [-0.15, -0.1) is 0 Å². The highest BCUT2D eigenvalue weighted by Gasteiger charge is 2.09. The van der Waals surface area contributed by atoms with E-state index in [1.165, 1.54) is 0 Å².